The summed E-state index contributed by atoms with van der Waals surface area (Å²) in [4.78, 5) is 11.8. The average Bonchev–Trinajstić information content (AvgIpc) is 2.93. The van der Waals surface area contributed by atoms with E-state index in [-0.39, 0.29) is 12.5 Å². The molecule has 1 heterocycles. The minimum Gasteiger partial charge on any atom is -0.483 e. The number of thioether (sulfide) groups is 1. The summed E-state index contributed by atoms with van der Waals surface area (Å²) in [6, 6.07) is 7.70. The van der Waals surface area contributed by atoms with Gasteiger partial charge in [0.1, 0.15) is 5.75 Å². The minimum absolute atomic E-state index is 0.0365. The Labute approximate surface area is 125 Å². The minimum atomic E-state index is -0.236. The molecule has 5 nitrogen and oxygen atoms in total. The van der Waals surface area contributed by atoms with Crippen LogP contribution < -0.4 is 10.1 Å². The van der Waals surface area contributed by atoms with Crippen molar-refractivity contribution in [3.63, 3.8) is 0 Å². The first kappa shape index (κ1) is 14.8. The van der Waals surface area contributed by atoms with Crippen molar-refractivity contribution in [2.75, 3.05) is 18.2 Å². The molecule has 2 rings (SSSR count). The highest BCUT2D eigenvalue weighted by Crippen LogP contribution is 2.23. The van der Waals surface area contributed by atoms with Gasteiger partial charge < -0.3 is 4.74 Å². The van der Waals surface area contributed by atoms with Crippen LogP contribution in [-0.2, 0) is 11.2 Å². The molecular weight excluding hydrogens is 294 g/mol. The van der Waals surface area contributed by atoms with E-state index < -0.39 is 0 Å². The van der Waals surface area contributed by atoms with Crippen molar-refractivity contribution in [3.05, 3.63) is 29.8 Å². The Balaban J connectivity index is 1.88. The molecule has 1 aromatic heterocycles. The monoisotopic (exact) mass is 309 g/mol. The second kappa shape index (κ2) is 7.25. The van der Waals surface area contributed by atoms with E-state index in [9.17, 15) is 4.79 Å². The molecule has 1 N–H and O–H groups in total. The number of ether oxygens (including phenoxy) is 1. The van der Waals surface area contributed by atoms with Crippen LogP contribution >= 0.6 is 23.1 Å². The Morgan fingerprint density at radius 3 is 2.90 bits per heavy atom. The lowest BCUT2D eigenvalue weighted by molar-refractivity contribution is -0.118. The topological polar surface area (TPSA) is 64.1 Å². The molecule has 0 unspecified atom stereocenters. The zero-order chi connectivity index (χ0) is 14.4. The fourth-order valence-electron chi connectivity index (χ4n) is 1.58. The first-order chi connectivity index (χ1) is 9.72. The highest BCUT2D eigenvalue weighted by atomic mass is 32.2. The molecule has 0 aliphatic heterocycles. The van der Waals surface area contributed by atoms with Gasteiger partial charge in [0.2, 0.25) is 5.13 Å². The Kier molecular flexibility index (Phi) is 5.37. The standard InChI is InChI=1S/C13H15N3O2S2/c1-3-9-6-4-5-7-10(9)18-8-11(17)14-12-15-16-13(19-2)20-12/h4-7H,3,8H2,1-2H3,(H,14,15,17). The molecular formula is C13H15N3O2S2. The van der Waals surface area contributed by atoms with E-state index in [1.807, 2.05) is 37.4 Å². The number of nitrogens with zero attached hydrogens (tertiary/aromatic N) is 2. The van der Waals surface area contributed by atoms with Gasteiger partial charge in [0.05, 0.1) is 0 Å². The summed E-state index contributed by atoms with van der Waals surface area (Å²) < 4.78 is 6.35. The van der Waals surface area contributed by atoms with Gasteiger partial charge in [-0.05, 0) is 24.3 Å². The van der Waals surface area contributed by atoms with Crippen LogP contribution in [0.3, 0.4) is 0 Å². The van der Waals surface area contributed by atoms with Gasteiger partial charge in [-0.2, -0.15) is 0 Å². The van der Waals surface area contributed by atoms with E-state index in [1.165, 1.54) is 23.1 Å². The summed E-state index contributed by atoms with van der Waals surface area (Å²) in [7, 11) is 0. The van der Waals surface area contributed by atoms with Crippen LogP contribution in [0, 0.1) is 0 Å². The number of carbonyl (C=O) groups is 1. The van der Waals surface area contributed by atoms with Crippen molar-refractivity contribution in [2.24, 2.45) is 0 Å². The highest BCUT2D eigenvalue weighted by Gasteiger charge is 2.09. The Bertz CT molecular complexity index is 587. The number of aryl methyl sites for hydroxylation is 1. The second-order valence-electron chi connectivity index (χ2n) is 3.88. The number of aromatic nitrogens is 2. The van der Waals surface area contributed by atoms with E-state index in [2.05, 4.69) is 15.5 Å². The number of rotatable bonds is 6. The number of para-hydroxylation sites is 1. The summed E-state index contributed by atoms with van der Waals surface area (Å²) >= 11 is 2.84. The number of amides is 1. The molecule has 2 aromatic rings. The summed E-state index contributed by atoms with van der Waals surface area (Å²) in [6.07, 6.45) is 2.78. The van der Waals surface area contributed by atoms with Crippen molar-refractivity contribution in [2.45, 2.75) is 17.7 Å². The molecule has 0 fully saturated rings. The van der Waals surface area contributed by atoms with Crippen molar-refractivity contribution in [1.29, 1.82) is 0 Å². The fourth-order valence-corrected chi connectivity index (χ4v) is 2.76. The highest BCUT2D eigenvalue weighted by molar-refractivity contribution is 8.00. The van der Waals surface area contributed by atoms with Crippen LogP contribution in [0.5, 0.6) is 5.75 Å². The van der Waals surface area contributed by atoms with E-state index in [1.54, 1.807) is 0 Å². The van der Waals surface area contributed by atoms with Gasteiger partial charge in [-0.25, -0.2) is 0 Å². The summed E-state index contributed by atoms with van der Waals surface area (Å²) in [5, 5.41) is 10.9. The van der Waals surface area contributed by atoms with Crippen LogP contribution in [0.1, 0.15) is 12.5 Å². The van der Waals surface area contributed by atoms with Crippen molar-refractivity contribution < 1.29 is 9.53 Å². The molecule has 106 valence electrons. The van der Waals surface area contributed by atoms with Gasteiger partial charge in [0.15, 0.2) is 10.9 Å². The van der Waals surface area contributed by atoms with Crippen LogP contribution in [0.2, 0.25) is 0 Å². The third kappa shape index (κ3) is 3.94. The Hall–Kier alpha value is -1.60. The number of carbonyl (C=O) groups excluding carboxylic acids is 1. The van der Waals surface area contributed by atoms with Crippen LogP contribution in [0.15, 0.2) is 28.6 Å². The third-order valence-corrected chi connectivity index (χ3v) is 4.35. The van der Waals surface area contributed by atoms with Gasteiger partial charge in [-0.15, -0.1) is 10.2 Å². The molecule has 1 aromatic carbocycles. The van der Waals surface area contributed by atoms with Crippen molar-refractivity contribution in [3.8, 4) is 5.75 Å². The van der Waals surface area contributed by atoms with Crippen LogP contribution in [-0.4, -0.2) is 29.0 Å². The van der Waals surface area contributed by atoms with Crippen molar-refractivity contribution in [1.82, 2.24) is 10.2 Å². The predicted octanol–water partition coefficient (Wildman–Crippen LogP) is 2.84. The maximum atomic E-state index is 11.8. The zero-order valence-electron chi connectivity index (χ0n) is 11.3. The van der Waals surface area contributed by atoms with E-state index >= 15 is 0 Å². The van der Waals surface area contributed by atoms with Gasteiger partial charge in [-0.3, -0.25) is 10.1 Å². The molecule has 0 aliphatic carbocycles. The van der Waals surface area contributed by atoms with Crippen LogP contribution in [0.4, 0.5) is 5.13 Å². The van der Waals surface area contributed by atoms with Gasteiger partial charge in [0.25, 0.3) is 5.91 Å². The largest absolute Gasteiger partial charge is 0.483 e. The number of hydrogen-bond acceptors (Lipinski definition) is 6. The molecule has 0 aliphatic rings. The molecule has 0 atom stereocenters. The Morgan fingerprint density at radius 1 is 1.40 bits per heavy atom. The number of benzene rings is 1. The number of nitrogens with one attached hydrogen (secondary N) is 1. The van der Waals surface area contributed by atoms with E-state index in [0.29, 0.717) is 5.13 Å². The summed E-state index contributed by atoms with van der Waals surface area (Å²) in [5.41, 5.74) is 1.08. The third-order valence-electron chi connectivity index (χ3n) is 2.54. The van der Waals surface area contributed by atoms with Gasteiger partial charge in [0, 0.05) is 0 Å². The zero-order valence-corrected chi connectivity index (χ0v) is 12.9. The summed E-state index contributed by atoms with van der Waals surface area (Å²) in [6.45, 7) is 2.01. The lowest BCUT2D eigenvalue weighted by atomic mass is 10.1. The van der Waals surface area contributed by atoms with Crippen LogP contribution in [0.25, 0.3) is 0 Å². The van der Waals surface area contributed by atoms with E-state index in [4.69, 9.17) is 4.74 Å². The second-order valence-corrected chi connectivity index (χ2v) is 5.91. The smallest absolute Gasteiger partial charge is 0.264 e. The number of hydrogen-bond donors (Lipinski definition) is 1. The molecule has 1 amide bonds. The maximum Gasteiger partial charge on any atom is 0.264 e. The molecule has 0 bridgehead atoms. The quantitative estimate of drug-likeness (QED) is 0.656. The number of anilines is 1. The molecule has 0 spiro atoms. The fraction of sp³-hybridized carbons (Fsp3) is 0.308. The predicted molar refractivity (Wildman–Crippen MR) is 81.6 cm³/mol. The molecule has 7 heteroatoms. The SMILES string of the molecule is CCc1ccccc1OCC(=O)Nc1nnc(SC)s1. The van der Waals surface area contributed by atoms with E-state index in [0.717, 1.165) is 22.1 Å². The molecule has 0 saturated carbocycles. The average molecular weight is 309 g/mol. The molecule has 20 heavy (non-hydrogen) atoms. The van der Waals surface area contributed by atoms with Crippen molar-refractivity contribution >= 4 is 34.1 Å². The first-order valence-electron chi connectivity index (χ1n) is 6.11. The van der Waals surface area contributed by atoms with Gasteiger partial charge >= 0.3 is 0 Å². The molecule has 0 saturated heterocycles. The molecule has 0 radical (unpaired) electrons. The summed E-state index contributed by atoms with van der Waals surface area (Å²) in [5.74, 6) is 0.506. The lowest BCUT2D eigenvalue weighted by Gasteiger charge is -2.09. The first-order valence-corrected chi connectivity index (χ1v) is 8.15. The lowest BCUT2D eigenvalue weighted by Crippen LogP contribution is -2.20. The van der Waals surface area contributed by atoms with Gasteiger partial charge in [-0.1, -0.05) is 48.2 Å². The Morgan fingerprint density at radius 2 is 2.20 bits per heavy atom. The maximum absolute atomic E-state index is 11.8. The normalized spacial score (nSPS) is 10.3.